The molecule has 48 valence electrons. The fourth-order valence-corrected chi connectivity index (χ4v) is 0.349. The highest BCUT2D eigenvalue weighted by Crippen LogP contribution is 1.78. The predicted molar refractivity (Wildman–Crippen MR) is 37.1 cm³/mol. The van der Waals surface area contributed by atoms with Crippen LogP contribution in [-0.2, 0) is 0 Å². The highest BCUT2D eigenvalue weighted by Gasteiger charge is 1.70. The number of nitrogens with zero attached hydrogens (tertiary/aromatic N) is 1. The van der Waals surface area contributed by atoms with E-state index in [0.717, 1.165) is 13.0 Å². The molecule has 0 unspecified atom stereocenters. The summed E-state index contributed by atoms with van der Waals surface area (Å²) in [6, 6.07) is 0. The van der Waals surface area contributed by atoms with E-state index in [1.165, 1.54) is 6.42 Å². The smallest absolute Gasteiger partial charge is 0.0301 e. The van der Waals surface area contributed by atoms with E-state index < -0.39 is 0 Å². The Morgan fingerprint density at radius 3 is 2.75 bits per heavy atom. The van der Waals surface area contributed by atoms with Crippen LogP contribution in [0.5, 0.6) is 0 Å². The number of hydrazone groups is 1. The van der Waals surface area contributed by atoms with Gasteiger partial charge in [-0.05, 0) is 13.3 Å². The fraction of sp³-hybridized carbons (Fsp3) is 0.833. The third-order valence-electron chi connectivity index (χ3n) is 0.758. The van der Waals surface area contributed by atoms with E-state index in [1.807, 2.05) is 13.1 Å². The molecule has 0 atom stereocenters. The van der Waals surface area contributed by atoms with E-state index in [4.69, 9.17) is 0 Å². The topological polar surface area (TPSA) is 24.4 Å². The predicted octanol–water partition coefficient (Wildman–Crippen LogP) is 1.38. The molecule has 0 aliphatic carbocycles. The van der Waals surface area contributed by atoms with Gasteiger partial charge in [0.25, 0.3) is 0 Å². The molecule has 0 aromatic rings. The van der Waals surface area contributed by atoms with Crippen molar-refractivity contribution >= 4 is 6.21 Å². The van der Waals surface area contributed by atoms with Crippen LogP contribution in [0.2, 0.25) is 0 Å². The van der Waals surface area contributed by atoms with Gasteiger partial charge in [-0.1, -0.05) is 13.3 Å². The second kappa shape index (κ2) is 6.47. The average molecular weight is 114 g/mol. The SMILES string of the molecule is CCC/C=N\NCC. The Hall–Kier alpha value is -0.530. The Labute approximate surface area is 51.0 Å². The van der Waals surface area contributed by atoms with Crippen LogP contribution in [0.4, 0.5) is 0 Å². The first-order chi connectivity index (χ1) is 3.91. The normalized spacial score (nSPS) is 10.2. The van der Waals surface area contributed by atoms with Gasteiger partial charge in [-0.15, -0.1) is 0 Å². The van der Waals surface area contributed by atoms with Crippen LogP contribution in [0.15, 0.2) is 5.10 Å². The lowest BCUT2D eigenvalue weighted by Crippen LogP contribution is -2.02. The van der Waals surface area contributed by atoms with Crippen molar-refractivity contribution in [1.29, 1.82) is 0 Å². The summed E-state index contributed by atoms with van der Waals surface area (Å²) in [5.74, 6) is 0. The summed E-state index contributed by atoms with van der Waals surface area (Å²) in [6.07, 6.45) is 4.16. The highest BCUT2D eigenvalue weighted by molar-refractivity contribution is 5.56. The van der Waals surface area contributed by atoms with Gasteiger partial charge in [0, 0.05) is 12.8 Å². The Morgan fingerprint density at radius 2 is 2.25 bits per heavy atom. The lowest BCUT2D eigenvalue weighted by molar-refractivity contribution is 0.781. The second-order valence-corrected chi connectivity index (χ2v) is 1.61. The molecule has 0 aliphatic heterocycles. The summed E-state index contributed by atoms with van der Waals surface area (Å²) in [6.45, 7) is 5.08. The maximum Gasteiger partial charge on any atom is 0.0301 e. The summed E-state index contributed by atoms with van der Waals surface area (Å²) in [5.41, 5.74) is 2.85. The Bertz CT molecular complexity index is 51.5. The van der Waals surface area contributed by atoms with Gasteiger partial charge in [0.15, 0.2) is 0 Å². The van der Waals surface area contributed by atoms with Crippen LogP contribution in [0, 0.1) is 0 Å². The molecule has 0 bridgehead atoms. The molecule has 0 fully saturated rings. The summed E-state index contributed by atoms with van der Waals surface area (Å²) >= 11 is 0. The molecule has 0 radical (unpaired) electrons. The number of hydrogen-bond acceptors (Lipinski definition) is 2. The number of rotatable bonds is 4. The van der Waals surface area contributed by atoms with Crippen LogP contribution in [0.3, 0.4) is 0 Å². The van der Waals surface area contributed by atoms with Gasteiger partial charge in [-0.3, -0.25) is 0 Å². The van der Waals surface area contributed by atoms with Crippen molar-refractivity contribution in [2.75, 3.05) is 6.54 Å². The third kappa shape index (κ3) is 5.47. The summed E-state index contributed by atoms with van der Waals surface area (Å²) in [5, 5.41) is 3.90. The summed E-state index contributed by atoms with van der Waals surface area (Å²) in [4.78, 5) is 0. The van der Waals surface area contributed by atoms with Crippen molar-refractivity contribution in [1.82, 2.24) is 5.43 Å². The Balaban J connectivity index is 2.83. The van der Waals surface area contributed by atoms with Crippen LogP contribution in [0.1, 0.15) is 26.7 Å². The van der Waals surface area contributed by atoms with E-state index in [1.54, 1.807) is 0 Å². The van der Waals surface area contributed by atoms with E-state index in [2.05, 4.69) is 17.5 Å². The zero-order valence-electron chi connectivity index (χ0n) is 5.65. The van der Waals surface area contributed by atoms with Gasteiger partial charge in [0.2, 0.25) is 0 Å². The first-order valence-electron chi connectivity index (χ1n) is 3.16. The van der Waals surface area contributed by atoms with E-state index in [0.29, 0.717) is 0 Å². The minimum Gasteiger partial charge on any atom is -0.311 e. The molecule has 8 heavy (non-hydrogen) atoms. The van der Waals surface area contributed by atoms with Crippen molar-refractivity contribution in [3.05, 3.63) is 0 Å². The lowest BCUT2D eigenvalue weighted by Gasteiger charge is -1.88. The summed E-state index contributed by atoms with van der Waals surface area (Å²) in [7, 11) is 0. The van der Waals surface area contributed by atoms with Gasteiger partial charge in [-0.2, -0.15) is 5.10 Å². The molecule has 0 rings (SSSR count). The molecule has 0 aromatic carbocycles. The van der Waals surface area contributed by atoms with Crippen LogP contribution in [0.25, 0.3) is 0 Å². The van der Waals surface area contributed by atoms with Crippen LogP contribution < -0.4 is 5.43 Å². The fourth-order valence-electron chi connectivity index (χ4n) is 0.349. The Kier molecular flexibility index (Phi) is 6.04. The van der Waals surface area contributed by atoms with Crippen LogP contribution >= 0.6 is 0 Å². The molecule has 2 nitrogen and oxygen atoms in total. The zero-order valence-corrected chi connectivity index (χ0v) is 5.65. The molecule has 0 amide bonds. The molecule has 0 aliphatic rings. The van der Waals surface area contributed by atoms with E-state index >= 15 is 0 Å². The molecule has 0 aromatic heterocycles. The maximum absolute atomic E-state index is 3.90. The first-order valence-corrected chi connectivity index (χ1v) is 3.16. The first kappa shape index (κ1) is 7.47. The lowest BCUT2D eigenvalue weighted by atomic mass is 10.4. The van der Waals surface area contributed by atoms with Crippen LogP contribution in [-0.4, -0.2) is 12.8 Å². The quantitative estimate of drug-likeness (QED) is 0.433. The number of nitrogens with one attached hydrogen (secondary N) is 1. The van der Waals surface area contributed by atoms with Crippen molar-refractivity contribution in [2.45, 2.75) is 26.7 Å². The minimum absolute atomic E-state index is 0.917. The van der Waals surface area contributed by atoms with Gasteiger partial charge in [0.05, 0.1) is 0 Å². The van der Waals surface area contributed by atoms with Crippen molar-refractivity contribution in [2.24, 2.45) is 5.10 Å². The van der Waals surface area contributed by atoms with Gasteiger partial charge < -0.3 is 5.43 Å². The molecule has 1 N–H and O–H groups in total. The highest BCUT2D eigenvalue weighted by atomic mass is 15.3. The average Bonchev–Trinajstić information content (AvgIpc) is 1.81. The largest absolute Gasteiger partial charge is 0.311 e. The molecule has 0 spiro atoms. The zero-order chi connectivity index (χ0) is 6.24. The minimum atomic E-state index is 0.917. The molecule has 2 heteroatoms. The van der Waals surface area contributed by atoms with E-state index in [-0.39, 0.29) is 0 Å². The van der Waals surface area contributed by atoms with Gasteiger partial charge in [0.1, 0.15) is 0 Å². The van der Waals surface area contributed by atoms with E-state index in [9.17, 15) is 0 Å². The van der Waals surface area contributed by atoms with Gasteiger partial charge in [-0.25, -0.2) is 0 Å². The monoisotopic (exact) mass is 114 g/mol. The number of unbranched alkanes of at least 4 members (excludes halogenated alkanes) is 1. The third-order valence-corrected chi connectivity index (χ3v) is 0.758. The Morgan fingerprint density at radius 1 is 1.50 bits per heavy atom. The molecule has 0 saturated heterocycles. The standard InChI is InChI=1S/C6H14N2/c1-3-5-6-8-7-4-2/h6-7H,3-5H2,1-2H3/b8-6-. The summed E-state index contributed by atoms with van der Waals surface area (Å²) < 4.78 is 0. The maximum atomic E-state index is 3.90. The second-order valence-electron chi connectivity index (χ2n) is 1.61. The van der Waals surface area contributed by atoms with Crippen molar-refractivity contribution < 1.29 is 0 Å². The molecule has 0 heterocycles. The number of hydrogen-bond donors (Lipinski definition) is 1. The van der Waals surface area contributed by atoms with Crippen molar-refractivity contribution in [3.63, 3.8) is 0 Å². The molecular formula is C6H14N2. The van der Waals surface area contributed by atoms with Gasteiger partial charge >= 0.3 is 0 Å². The molecule has 0 saturated carbocycles. The molecular weight excluding hydrogens is 100 g/mol. The van der Waals surface area contributed by atoms with Crippen molar-refractivity contribution in [3.8, 4) is 0 Å².